The van der Waals surface area contributed by atoms with Crippen LogP contribution in [-0.2, 0) is 11.2 Å². The van der Waals surface area contributed by atoms with Gasteiger partial charge in [0.1, 0.15) is 0 Å². The van der Waals surface area contributed by atoms with E-state index in [0.717, 1.165) is 12.0 Å². The molecule has 20 heavy (non-hydrogen) atoms. The highest BCUT2D eigenvalue weighted by molar-refractivity contribution is 5.77. The standard InChI is InChI=1S/C17H28N2O/c1-12(2)10-14-6-8-15(9-7-14)13(3)19-16(20)11-17(4,5)18/h6-9,12-13H,10-11,18H2,1-5H3,(H,19,20). The summed E-state index contributed by atoms with van der Waals surface area (Å²) in [7, 11) is 0. The molecule has 1 atom stereocenters. The molecule has 1 aromatic rings. The first-order valence-corrected chi connectivity index (χ1v) is 7.34. The smallest absolute Gasteiger partial charge is 0.222 e. The number of hydrogen-bond acceptors (Lipinski definition) is 2. The summed E-state index contributed by atoms with van der Waals surface area (Å²) < 4.78 is 0. The molecular weight excluding hydrogens is 248 g/mol. The van der Waals surface area contributed by atoms with Gasteiger partial charge in [-0.2, -0.15) is 0 Å². The average Bonchev–Trinajstić information content (AvgIpc) is 2.26. The lowest BCUT2D eigenvalue weighted by Crippen LogP contribution is -2.39. The maximum Gasteiger partial charge on any atom is 0.222 e. The van der Waals surface area contributed by atoms with Crippen LogP contribution in [0.1, 0.15) is 58.2 Å². The van der Waals surface area contributed by atoms with Crippen LogP contribution >= 0.6 is 0 Å². The van der Waals surface area contributed by atoms with E-state index >= 15 is 0 Å². The summed E-state index contributed by atoms with van der Waals surface area (Å²) >= 11 is 0. The molecule has 0 heterocycles. The first-order chi connectivity index (χ1) is 9.17. The van der Waals surface area contributed by atoms with Crippen LogP contribution < -0.4 is 11.1 Å². The van der Waals surface area contributed by atoms with Gasteiger partial charge >= 0.3 is 0 Å². The molecule has 0 saturated heterocycles. The minimum absolute atomic E-state index is 0.00347. The minimum Gasteiger partial charge on any atom is -0.350 e. The maximum atomic E-state index is 11.9. The molecule has 0 saturated carbocycles. The van der Waals surface area contributed by atoms with Crippen LogP contribution in [0.5, 0.6) is 0 Å². The fourth-order valence-electron chi connectivity index (χ4n) is 2.20. The van der Waals surface area contributed by atoms with E-state index in [4.69, 9.17) is 5.73 Å². The van der Waals surface area contributed by atoms with Gasteiger partial charge in [0.25, 0.3) is 0 Å². The average molecular weight is 276 g/mol. The van der Waals surface area contributed by atoms with Crippen LogP contribution in [0.4, 0.5) is 0 Å². The highest BCUT2D eigenvalue weighted by Crippen LogP contribution is 2.16. The van der Waals surface area contributed by atoms with Crippen molar-refractivity contribution in [1.29, 1.82) is 0 Å². The number of nitrogens with one attached hydrogen (secondary N) is 1. The van der Waals surface area contributed by atoms with Crippen LogP contribution in [-0.4, -0.2) is 11.4 Å². The van der Waals surface area contributed by atoms with Gasteiger partial charge in [-0.1, -0.05) is 38.1 Å². The molecule has 3 heteroatoms. The first-order valence-electron chi connectivity index (χ1n) is 7.34. The summed E-state index contributed by atoms with van der Waals surface area (Å²) in [5.41, 5.74) is 7.85. The largest absolute Gasteiger partial charge is 0.350 e. The Balaban J connectivity index is 2.59. The number of hydrogen-bond donors (Lipinski definition) is 2. The van der Waals surface area contributed by atoms with Crippen LogP contribution in [0.2, 0.25) is 0 Å². The lowest BCUT2D eigenvalue weighted by Gasteiger charge is -2.20. The van der Waals surface area contributed by atoms with Crippen molar-refractivity contribution in [3.63, 3.8) is 0 Å². The van der Waals surface area contributed by atoms with E-state index in [1.807, 2.05) is 20.8 Å². The number of rotatable bonds is 6. The second-order valence-corrected chi connectivity index (χ2v) is 6.79. The minimum atomic E-state index is -0.467. The van der Waals surface area contributed by atoms with Gasteiger partial charge in [-0.3, -0.25) is 4.79 Å². The quantitative estimate of drug-likeness (QED) is 0.838. The van der Waals surface area contributed by atoms with Gasteiger partial charge < -0.3 is 11.1 Å². The molecule has 0 spiro atoms. The SMILES string of the molecule is CC(C)Cc1ccc(C(C)NC(=O)CC(C)(C)N)cc1. The highest BCUT2D eigenvalue weighted by Gasteiger charge is 2.18. The fourth-order valence-corrected chi connectivity index (χ4v) is 2.20. The van der Waals surface area contributed by atoms with Crippen molar-refractivity contribution in [3.05, 3.63) is 35.4 Å². The summed E-state index contributed by atoms with van der Waals surface area (Å²) in [5.74, 6) is 0.654. The Kier molecular flexibility index (Phi) is 5.75. The number of carbonyl (C=O) groups is 1. The van der Waals surface area contributed by atoms with E-state index in [-0.39, 0.29) is 11.9 Å². The van der Waals surface area contributed by atoms with Crippen molar-refractivity contribution in [2.75, 3.05) is 0 Å². The number of benzene rings is 1. The van der Waals surface area contributed by atoms with Gasteiger partial charge in [0.15, 0.2) is 0 Å². The van der Waals surface area contributed by atoms with Crippen LogP contribution in [0.3, 0.4) is 0 Å². The third kappa shape index (κ3) is 6.20. The zero-order valence-corrected chi connectivity index (χ0v) is 13.4. The van der Waals surface area contributed by atoms with Crippen molar-refractivity contribution in [2.45, 2.75) is 59.0 Å². The first kappa shape index (κ1) is 16.7. The number of carbonyl (C=O) groups excluding carboxylic acids is 1. The molecule has 112 valence electrons. The Labute approximate surface area is 122 Å². The number of nitrogens with two attached hydrogens (primary N) is 1. The monoisotopic (exact) mass is 276 g/mol. The molecular formula is C17H28N2O. The van der Waals surface area contributed by atoms with Crippen molar-refractivity contribution < 1.29 is 4.79 Å². The lowest BCUT2D eigenvalue weighted by molar-refractivity contribution is -0.122. The number of amides is 1. The molecule has 1 unspecified atom stereocenters. The summed E-state index contributed by atoms with van der Waals surface area (Å²) in [5, 5.41) is 2.99. The molecule has 0 bridgehead atoms. The highest BCUT2D eigenvalue weighted by atomic mass is 16.1. The second kappa shape index (κ2) is 6.89. The van der Waals surface area contributed by atoms with Gasteiger partial charge in [0.2, 0.25) is 5.91 Å². The third-order valence-corrected chi connectivity index (χ3v) is 3.12. The molecule has 0 aromatic heterocycles. The fraction of sp³-hybridized carbons (Fsp3) is 0.588. The summed E-state index contributed by atoms with van der Waals surface area (Å²) in [6.45, 7) is 10.1. The maximum absolute atomic E-state index is 11.9. The topological polar surface area (TPSA) is 55.1 Å². The van der Waals surface area contributed by atoms with E-state index in [9.17, 15) is 4.79 Å². The Bertz CT molecular complexity index is 429. The molecule has 3 N–H and O–H groups in total. The van der Waals surface area contributed by atoms with E-state index in [1.54, 1.807) is 0 Å². The van der Waals surface area contributed by atoms with Crippen molar-refractivity contribution in [3.8, 4) is 0 Å². The van der Waals surface area contributed by atoms with Gasteiger partial charge in [-0.15, -0.1) is 0 Å². The molecule has 1 aromatic carbocycles. The zero-order chi connectivity index (χ0) is 15.3. The third-order valence-electron chi connectivity index (χ3n) is 3.12. The Hall–Kier alpha value is -1.35. The van der Waals surface area contributed by atoms with E-state index in [0.29, 0.717) is 12.3 Å². The Morgan fingerprint density at radius 1 is 1.20 bits per heavy atom. The Morgan fingerprint density at radius 3 is 2.20 bits per heavy atom. The molecule has 0 aliphatic carbocycles. The summed E-state index contributed by atoms with van der Waals surface area (Å²) in [4.78, 5) is 11.9. The van der Waals surface area contributed by atoms with Gasteiger partial charge in [0, 0.05) is 12.0 Å². The predicted octanol–water partition coefficient (Wildman–Crippen LogP) is 3.19. The van der Waals surface area contributed by atoms with Crippen LogP contribution in [0.15, 0.2) is 24.3 Å². The normalized spacial score (nSPS) is 13.3. The van der Waals surface area contributed by atoms with Gasteiger partial charge in [0.05, 0.1) is 6.04 Å². The van der Waals surface area contributed by atoms with Crippen molar-refractivity contribution in [2.24, 2.45) is 11.7 Å². The predicted molar refractivity (Wildman–Crippen MR) is 84.4 cm³/mol. The summed E-state index contributed by atoms with van der Waals surface area (Å²) in [6, 6.07) is 8.49. The lowest BCUT2D eigenvalue weighted by atomic mass is 9.99. The molecule has 0 radical (unpaired) electrons. The van der Waals surface area contributed by atoms with E-state index in [2.05, 4.69) is 43.4 Å². The van der Waals surface area contributed by atoms with Gasteiger partial charge in [-0.05, 0) is 44.2 Å². The van der Waals surface area contributed by atoms with Gasteiger partial charge in [-0.25, -0.2) is 0 Å². The molecule has 0 fully saturated rings. The van der Waals surface area contributed by atoms with Crippen LogP contribution in [0, 0.1) is 5.92 Å². The second-order valence-electron chi connectivity index (χ2n) is 6.79. The van der Waals surface area contributed by atoms with E-state index < -0.39 is 5.54 Å². The Morgan fingerprint density at radius 2 is 1.75 bits per heavy atom. The molecule has 0 aliphatic rings. The van der Waals surface area contributed by atoms with Crippen molar-refractivity contribution >= 4 is 5.91 Å². The van der Waals surface area contributed by atoms with E-state index in [1.165, 1.54) is 5.56 Å². The molecule has 0 aliphatic heterocycles. The van der Waals surface area contributed by atoms with Crippen LogP contribution in [0.25, 0.3) is 0 Å². The van der Waals surface area contributed by atoms with Crippen molar-refractivity contribution in [1.82, 2.24) is 5.32 Å². The molecule has 3 nitrogen and oxygen atoms in total. The molecule has 1 amide bonds. The summed E-state index contributed by atoms with van der Waals surface area (Å²) in [6.07, 6.45) is 1.42. The zero-order valence-electron chi connectivity index (χ0n) is 13.4. The molecule has 1 rings (SSSR count).